The molecule has 0 unspecified atom stereocenters. The molecule has 168 valence electrons. The van der Waals surface area contributed by atoms with Gasteiger partial charge in [-0.3, -0.25) is 14.2 Å². The van der Waals surface area contributed by atoms with Crippen molar-refractivity contribution in [3.63, 3.8) is 0 Å². The first-order valence-electron chi connectivity index (χ1n) is 8.65. The van der Waals surface area contributed by atoms with Gasteiger partial charge in [0.15, 0.2) is 0 Å². The summed E-state index contributed by atoms with van der Waals surface area (Å²) >= 11 is -3.17. The zero-order valence-corrected chi connectivity index (χ0v) is 20.3. The Hall–Kier alpha value is -1.71. The Morgan fingerprint density at radius 1 is 1.13 bits per heavy atom. The molecule has 1 heterocycles. The van der Waals surface area contributed by atoms with Gasteiger partial charge < -0.3 is 0 Å². The highest BCUT2D eigenvalue weighted by atomic mass is 127. The predicted octanol–water partition coefficient (Wildman–Crippen LogP) is 4.97. The van der Waals surface area contributed by atoms with Crippen LogP contribution in [0.3, 0.4) is 0 Å². The van der Waals surface area contributed by atoms with Crippen LogP contribution in [0.1, 0.15) is 24.2 Å². The number of halogens is 6. The minimum absolute atomic E-state index is 0.0237. The molecule has 1 aromatic heterocycles. The third kappa shape index (κ3) is 6.89. The first-order valence-corrected chi connectivity index (χ1v) is 13.9. The van der Waals surface area contributed by atoms with Gasteiger partial charge in [-0.2, -0.15) is 17.6 Å². The standard InChI is InChI=1S/C19H17F4I2N3O3/c1-24-18(20,21)9-3-4-15-26-14(10-17(30)28(15)11-16(29)27-31)12-5-7-13(8-6-12)19(22,23)25-2/h5-8,10H,1-4,9,11H2. The number of aryl methyl sites for hydroxylation is 1. The van der Waals surface area contributed by atoms with Crippen LogP contribution in [0, 0.1) is 4.91 Å². The third-order valence-corrected chi connectivity index (χ3v) is 7.45. The minimum atomic E-state index is -3.00. The van der Waals surface area contributed by atoms with Crippen LogP contribution in [-0.4, -0.2) is 28.4 Å². The lowest BCUT2D eigenvalue weighted by Gasteiger charge is -2.14. The fourth-order valence-corrected chi connectivity index (χ4v) is 4.21. The van der Waals surface area contributed by atoms with Gasteiger partial charge in [0.1, 0.15) is 12.4 Å². The van der Waals surface area contributed by atoms with Gasteiger partial charge in [-0.15, -0.1) is 4.91 Å². The highest BCUT2D eigenvalue weighted by Crippen LogP contribution is 2.39. The van der Waals surface area contributed by atoms with Crippen LogP contribution in [0.5, 0.6) is 0 Å². The van der Waals surface area contributed by atoms with Crippen LogP contribution < -0.4 is 5.56 Å². The van der Waals surface area contributed by atoms with Gasteiger partial charge in [-0.1, -0.05) is 54.0 Å². The van der Waals surface area contributed by atoms with Gasteiger partial charge in [0.05, 0.1) is 5.69 Å². The summed E-state index contributed by atoms with van der Waals surface area (Å²) in [5.41, 5.74) is -0.389. The van der Waals surface area contributed by atoms with Crippen LogP contribution in [-0.2, 0) is 21.7 Å². The summed E-state index contributed by atoms with van der Waals surface area (Å²) in [7, 11) is 0. The molecule has 0 aliphatic heterocycles. The average molecular weight is 665 g/mol. The number of nitroso groups, excluding NO2 is 1. The van der Waals surface area contributed by atoms with Gasteiger partial charge >= 0.3 is 9.84 Å². The Morgan fingerprint density at radius 2 is 1.77 bits per heavy atom. The molecule has 2 aromatic rings. The van der Waals surface area contributed by atoms with Crippen molar-refractivity contribution in [3.8, 4) is 11.3 Å². The molecule has 0 saturated carbocycles. The summed E-state index contributed by atoms with van der Waals surface area (Å²) in [4.78, 5) is 38.7. The smallest absolute Gasteiger partial charge is 0.287 e. The summed E-state index contributed by atoms with van der Waals surface area (Å²) in [5.74, 6) is -1.09. The van der Waals surface area contributed by atoms with Crippen molar-refractivity contribution >= 4 is 56.4 Å². The number of amides is 1. The molecule has 31 heavy (non-hydrogen) atoms. The number of hydrogen-bond acceptors (Lipinski definition) is 4. The van der Waals surface area contributed by atoms with E-state index in [4.69, 9.17) is 0 Å². The van der Waals surface area contributed by atoms with Crippen molar-refractivity contribution in [1.29, 1.82) is 0 Å². The van der Waals surface area contributed by atoms with E-state index in [0.29, 0.717) is 5.56 Å². The summed E-state index contributed by atoms with van der Waals surface area (Å²) in [6.45, 7) is -0.665. The Morgan fingerprint density at radius 3 is 2.32 bits per heavy atom. The molecular formula is C19H17F4I2N3O3. The van der Waals surface area contributed by atoms with E-state index in [0.717, 1.165) is 10.6 Å². The second-order valence-corrected chi connectivity index (χ2v) is 10.7. The van der Waals surface area contributed by atoms with Gasteiger partial charge in [0.2, 0.25) is 0 Å². The zero-order chi connectivity index (χ0) is 23.2. The number of alkyl halides is 6. The maximum Gasteiger partial charge on any atom is 0.316 e. The van der Waals surface area contributed by atoms with Crippen molar-refractivity contribution in [1.82, 2.24) is 9.55 Å². The van der Waals surface area contributed by atoms with Crippen molar-refractivity contribution < 1.29 is 22.4 Å². The third-order valence-electron chi connectivity index (χ3n) is 4.21. The lowest BCUT2D eigenvalue weighted by atomic mass is 10.1. The Bertz CT molecular complexity index is 1060. The summed E-state index contributed by atoms with van der Waals surface area (Å²) in [6.07, 6.45) is -0.544. The second-order valence-electron chi connectivity index (χ2n) is 6.28. The number of hydrogen-bond donors (Lipinski definition) is 0. The van der Waals surface area contributed by atoms with Crippen LogP contribution in [0.25, 0.3) is 11.3 Å². The van der Waals surface area contributed by atoms with Gasteiger partial charge in [-0.05, 0) is 27.2 Å². The number of rotatable bonds is 10. The van der Waals surface area contributed by atoms with Gasteiger partial charge in [0, 0.05) is 35.2 Å². The molecule has 0 aliphatic rings. The quantitative estimate of drug-likeness (QED) is 0.156. The van der Waals surface area contributed by atoms with Crippen LogP contribution in [0.2, 0.25) is 0 Å². The number of carbonyl (C=O) groups is 1. The molecule has 0 atom stereocenters. The molecule has 0 fully saturated rings. The maximum atomic E-state index is 13.8. The normalized spacial score (nSPS) is 12.0. The molecule has 6 nitrogen and oxygen atoms in total. The Labute approximate surface area is 194 Å². The molecule has 1 amide bonds. The number of nitrogens with zero attached hydrogens (tertiary/aromatic N) is 3. The molecule has 0 bridgehead atoms. The molecule has 1 aromatic carbocycles. The summed E-state index contributed by atoms with van der Waals surface area (Å²) in [6, 6.07) is 6.26. The molecule has 0 aliphatic carbocycles. The van der Waals surface area contributed by atoms with E-state index in [1.807, 2.05) is 0 Å². The molecule has 2 rings (SSSR count). The zero-order valence-electron chi connectivity index (χ0n) is 16.0. The lowest BCUT2D eigenvalue weighted by molar-refractivity contribution is -0.118. The molecule has 0 spiro atoms. The van der Waals surface area contributed by atoms with Crippen molar-refractivity contribution in [2.45, 2.75) is 33.7 Å². The Balaban J connectivity index is 2.43. The van der Waals surface area contributed by atoms with E-state index < -0.39 is 73.8 Å². The monoisotopic (exact) mass is 665 g/mol. The number of aromatic nitrogens is 2. The first-order chi connectivity index (χ1) is 14.5. The SMILES string of the molecule is C=IC(F)(F)CCCc1nc(-c2ccc(C(F)(F)I=C)cc2)cc(=O)n1CC(=O)N=O. The van der Waals surface area contributed by atoms with E-state index in [1.54, 1.807) is 0 Å². The first kappa shape index (κ1) is 25.5. The summed E-state index contributed by atoms with van der Waals surface area (Å²) < 4.78 is 56.3. The van der Waals surface area contributed by atoms with Crippen molar-refractivity contribution in [2.24, 2.45) is 5.18 Å². The molecule has 0 N–H and O–H groups in total. The van der Waals surface area contributed by atoms with E-state index in [1.165, 1.54) is 24.3 Å². The minimum Gasteiger partial charge on any atom is -0.287 e. The molecule has 12 heteroatoms. The topological polar surface area (TPSA) is 81.4 Å². The fraction of sp³-hybridized carbons (Fsp3) is 0.316. The van der Waals surface area contributed by atoms with E-state index in [2.05, 4.69) is 19.2 Å². The predicted molar refractivity (Wildman–Crippen MR) is 129 cm³/mol. The average Bonchev–Trinajstić information content (AvgIpc) is 2.75. The molecule has 0 radical (unpaired) electrons. The fourth-order valence-electron chi connectivity index (χ4n) is 2.65. The van der Waals surface area contributed by atoms with Crippen LogP contribution in [0.4, 0.5) is 17.6 Å². The van der Waals surface area contributed by atoms with Gasteiger partial charge in [0.25, 0.3) is 9.49 Å². The molecule has 0 saturated heterocycles. The van der Waals surface area contributed by atoms with Gasteiger partial charge in [-0.25, -0.2) is 4.98 Å². The van der Waals surface area contributed by atoms with E-state index in [9.17, 15) is 32.1 Å². The second kappa shape index (κ2) is 10.7. The maximum absolute atomic E-state index is 13.8. The lowest BCUT2D eigenvalue weighted by Crippen LogP contribution is -2.28. The Kier molecular flexibility index (Phi) is 8.85. The number of benzene rings is 1. The highest BCUT2D eigenvalue weighted by molar-refractivity contribution is 14.2. The van der Waals surface area contributed by atoms with Crippen LogP contribution >= 0.6 is 41.5 Å². The summed E-state index contributed by atoms with van der Waals surface area (Å²) in [5, 5.41) is 2.25. The largest absolute Gasteiger partial charge is 0.316 e. The van der Waals surface area contributed by atoms with Crippen LogP contribution in [0.15, 0.2) is 40.3 Å². The highest BCUT2D eigenvalue weighted by Gasteiger charge is 2.28. The molecular weight excluding hydrogens is 648 g/mol. The van der Waals surface area contributed by atoms with E-state index >= 15 is 0 Å². The van der Waals surface area contributed by atoms with Crippen molar-refractivity contribution in [2.75, 3.05) is 0 Å². The number of carbonyl (C=O) groups excluding carboxylic acids is 1. The van der Waals surface area contributed by atoms with E-state index in [-0.39, 0.29) is 29.9 Å². The van der Waals surface area contributed by atoms with Crippen molar-refractivity contribution in [3.05, 3.63) is 57.0 Å².